The van der Waals surface area contributed by atoms with Crippen LogP contribution in [-0.2, 0) is 0 Å². The number of hydrogen-bond donors (Lipinski definition) is 1. The monoisotopic (exact) mass is 251 g/mol. The summed E-state index contributed by atoms with van der Waals surface area (Å²) in [4.78, 5) is 14.1. The standard InChI is InChI=1S/C14H18FNO2/c1-9-5-3-6-10(2)16(9)14(18)13-11(15)7-4-8-12(13)17/h4,7-10,17H,3,5-6H2,1-2H3/t9-,10+. The minimum Gasteiger partial charge on any atom is -0.507 e. The van der Waals surface area contributed by atoms with Crippen molar-refractivity contribution in [2.75, 3.05) is 0 Å². The molecule has 0 unspecified atom stereocenters. The number of carbonyl (C=O) groups is 1. The molecule has 2 rings (SSSR count). The number of amides is 1. The molecule has 2 atom stereocenters. The first kappa shape index (κ1) is 12.9. The predicted octanol–water partition coefficient (Wildman–Crippen LogP) is 2.93. The lowest BCUT2D eigenvalue weighted by Gasteiger charge is -2.39. The summed E-state index contributed by atoms with van der Waals surface area (Å²) < 4.78 is 13.7. The van der Waals surface area contributed by atoms with E-state index in [0.717, 1.165) is 19.3 Å². The zero-order valence-corrected chi connectivity index (χ0v) is 10.7. The summed E-state index contributed by atoms with van der Waals surface area (Å²) in [5, 5.41) is 9.68. The Bertz CT molecular complexity index is 431. The largest absolute Gasteiger partial charge is 0.507 e. The minimum absolute atomic E-state index is 0.0836. The first-order valence-corrected chi connectivity index (χ1v) is 6.32. The highest BCUT2D eigenvalue weighted by molar-refractivity contribution is 5.97. The van der Waals surface area contributed by atoms with Crippen LogP contribution in [0.4, 0.5) is 4.39 Å². The van der Waals surface area contributed by atoms with E-state index >= 15 is 0 Å². The number of likely N-dealkylation sites (tertiary alicyclic amines) is 1. The maximum absolute atomic E-state index is 13.7. The van der Waals surface area contributed by atoms with Crippen LogP contribution in [0.25, 0.3) is 0 Å². The molecule has 0 aromatic heterocycles. The fourth-order valence-corrected chi connectivity index (χ4v) is 2.68. The van der Waals surface area contributed by atoms with Crippen LogP contribution in [0.1, 0.15) is 43.5 Å². The highest BCUT2D eigenvalue weighted by Gasteiger charge is 2.32. The molecule has 1 N–H and O–H groups in total. The number of hydrogen-bond acceptors (Lipinski definition) is 2. The molecule has 1 fully saturated rings. The first-order chi connectivity index (χ1) is 8.52. The van der Waals surface area contributed by atoms with Gasteiger partial charge in [0.2, 0.25) is 0 Å². The van der Waals surface area contributed by atoms with Gasteiger partial charge in [0.25, 0.3) is 5.91 Å². The number of nitrogens with zero attached hydrogens (tertiary/aromatic N) is 1. The number of aromatic hydroxyl groups is 1. The van der Waals surface area contributed by atoms with Gasteiger partial charge in [-0.2, -0.15) is 0 Å². The Morgan fingerprint density at radius 3 is 2.50 bits per heavy atom. The van der Waals surface area contributed by atoms with Gasteiger partial charge in [0, 0.05) is 12.1 Å². The molecular formula is C14H18FNO2. The second-order valence-corrected chi connectivity index (χ2v) is 4.98. The molecule has 1 amide bonds. The molecule has 1 saturated heterocycles. The Labute approximate surface area is 106 Å². The molecule has 1 heterocycles. The Balaban J connectivity index is 2.35. The van der Waals surface area contributed by atoms with Gasteiger partial charge in [-0.25, -0.2) is 4.39 Å². The Kier molecular flexibility index (Phi) is 3.55. The molecular weight excluding hydrogens is 233 g/mol. The molecule has 1 aliphatic heterocycles. The van der Waals surface area contributed by atoms with Gasteiger partial charge in [0.15, 0.2) is 0 Å². The van der Waals surface area contributed by atoms with Crippen LogP contribution >= 0.6 is 0 Å². The van der Waals surface area contributed by atoms with E-state index in [0.29, 0.717) is 0 Å². The molecule has 0 saturated carbocycles. The van der Waals surface area contributed by atoms with Gasteiger partial charge >= 0.3 is 0 Å². The van der Waals surface area contributed by atoms with Crippen molar-refractivity contribution in [3.63, 3.8) is 0 Å². The van der Waals surface area contributed by atoms with Crippen molar-refractivity contribution in [2.45, 2.75) is 45.2 Å². The van der Waals surface area contributed by atoms with E-state index in [-0.39, 0.29) is 23.4 Å². The second kappa shape index (κ2) is 4.96. The van der Waals surface area contributed by atoms with E-state index < -0.39 is 11.7 Å². The maximum Gasteiger partial charge on any atom is 0.261 e. The lowest BCUT2D eigenvalue weighted by Crippen LogP contribution is -2.47. The van der Waals surface area contributed by atoms with Gasteiger partial charge in [-0.1, -0.05) is 6.07 Å². The fourth-order valence-electron chi connectivity index (χ4n) is 2.68. The van der Waals surface area contributed by atoms with Gasteiger partial charge < -0.3 is 10.0 Å². The molecule has 0 radical (unpaired) electrons. The minimum atomic E-state index is -0.662. The van der Waals surface area contributed by atoms with Gasteiger partial charge in [0.1, 0.15) is 17.1 Å². The number of phenolic OH excluding ortho intramolecular Hbond substituents is 1. The van der Waals surface area contributed by atoms with E-state index in [1.165, 1.54) is 18.2 Å². The molecule has 1 aliphatic rings. The molecule has 1 aromatic carbocycles. The van der Waals surface area contributed by atoms with Gasteiger partial charge in [-0.15, -0.1) is 0 Å². The third-order valence-electron chi connectivity index (χ3n) is 3.63. The Hall–Kier alpha value is -1.58. The van der Waals surface area contributed by atoms with Gasteiger partial charge in [-0.05, 0) is 45.2 Å². The second-order valence-electron chi connectivity index (χ2n) is 4.98. The van der Waals surface area contributed by atoms with E-state index in [1.807, 2.05) is 13.8 Å². The van der Waals surface area contributed by atoms with Crippen molar-refractivity contribution >= 4 is 5.91 Å². The van der Waals surface area contributed by atoms with Crippen molar-refractivity contribution in [3.05, 3.63) is 29.6 Å². The number of benzene rings is 1. The quantitative estimate of drug-likeness (QED) is 0.833. The molecule has 3 nitrogen and oxygen atoms in total. The van der Waals surface area contributed by atoms with Gasteiger partial charge in [0.05, 0.1) is 0 Å². The van der Waals surface area contributed by atoms with Crippen LogP contribution in [0.3, 0.4) is 0 Å². The molecule has 4 heteroatoms. The molecule has 0 aliphatic carbocycles. The number of carbonyl (C=O) groups excluding carboxylic acids is 1. The number of piperidine rings is 1. The normalized spacial score (nSPS) is 24.1. The summed E-state index contributed by atoms with van der Waals surface area (Å²) in [6.45, 7) is 3.93. The summed E-state index contributed by atoms with van der Waals surface area (Å²) in [5.41, 5.74) is -0.210. The first-order valence-electron chi connectivity index (χ1n) is 6.32. The third-order valence-corrected chi connectivity index (χ3v) is 3.63. The summed E-state index contributed by atoms with van der Waals surface area (Å²) in [5.74, 6) is -1.36. The van der Waals surface area contributed by atoms with Crippen LogP contribution < -0.4 is 0 Å². The third kappa shape index (κ3) is 2.19. The number of rotatable bonds is 1. The summed E-state index contributed by atoms with van der Waals surface area (Å²) in [7, 11) is 0. The number of halogens is 1. The maximum atomic E-state index is 13.7. The van der Waals surface area contributed by atoms with Crippen LogP contribution in [-0.4, -0.2) is 28.0 Å². The molecule has 0 bridgehead atoms. The van der Waals surface area contributed by atoms with Crippen LogP contribution in [0.2, 0.25) is 0 Å². The van der Waals surface area contributed by atoms with Crippen LogP contribution in [0.15, 0.2) is 18.2 Å². The van der Waals surface area contributed by atoms with Crippen molar-refractivity contribution < 1.29 is 14.3 Å². The lowest BCUT2D eigenvalue weighted by atomic mass is 9.96. The molecule has 98 valence electrons. The number of phenols is 1. The highest BCUT2D eigenvalue weighted by atomic mass is 19.1. The molecule has 18 heavy (non-hydrogen) atoms. The van der Waals surface area contributed by atoms with Crippen LogP contribution in [0.5, 0.6) is 5.75 Å². The molecule has 0 spiro atoms. The van der Waals surface area contributed by atoms with Crippen molar-refractivity contribution in [1.82, 2.24) is 4.90 Å². The van der Waals surface area contributed by atoms with E-state index in [4.69, 9.17) is 0 Å². The Morgan fingerprint density at radius 2 is 1.94 bits per heavy atom. The lowest BCUT2D eigenvalue weighted by molar-refractivity contribution is 0.0503. The zero-order valence-electron chi connectivity index (χ0n) is 10.7. The van der Waals surface area contributed by atoms with Crippen molar-refractivity contribution in [3.8, 4) is 5.75 Å². The predicted molar refractivity (Wildman–Crippen MR) is 67.0 cm³/mol. The summed E-state index contributed by atoms with van der Waals surface area (Å²) >= 11 is 0. The summed E-state index contributed by atoms with van der Waals surface area (Å²) in [6, 6.07) is 4.10. The fraction of sp³-hybridized carbons (Fsp3) is 0.500. The average molecular weight is 251 g/mol. The summed E-state index contributed by atoms with van der Waals surface area (Å²) in [6.07, 6.45) is 2.92. The Morgan fingerprint density at radius 1 is 1.33 bits per heavy atom. The smallest absolute Gasteiger partial charge is 0.261 e. The average Bonchev–Trinajstić information content (AvgIpc) is 2.28. The SMILES string of the molecule is C[C@@H]1CCC[C@H](C)N1C(=O)c1c(O)cccc1F. The molecule has 1 aromatic rings. The van der Waals surface area contributed by atoms with E-state index in [2.05, 4.69) is 0 Å². The van der Waals surface area contributed by atoms with E-state index in [9.17, 15) is 14.3 Å². The topological polar surface area (TPSA) is 40.5 Å². The highest BCUT2D eigenvalue weighted by Crippen LogP contribution is 2.28. The van der Waals surface area contributed by atoms with E-state index in [1.54, 1.807) is 4.90 Å². The van der Waals surface area contributed by atoms with Crippen molar-refractivity contribution in [2.24, 2.45) is 0 Å². The van der Waals surface area contributed by atoms with Crippen LogP contribution in [0, 0.1) is 5.82 Å². The van der Waals surface area contributed by atoms with Gasteiger partial charge in [-0.3, -0.25) is 4.79 Å². The zero-order chi connectivity index (χ0) is 13.3. The van der Waals surface area contributed by atoms with Crippen molar-refractivity contribution in [1.29, 1.82) is 0 Å².